The van der Waals surface area contributed by atoms with Crippen molar-refractivity contribution >= 4 is 39.5 Å². The lowest BCUT2D eigenvalue weighted by molar-refractivity contribution is -0.161. The van der Waals surface area contributed by atoms with Crippen LogP contribution in [0.2, 0.25) is 0 Å². The molecule has 0 aromatic heterocycles. The zero-order valence-electron chi connectivity index (χ0n) is 64.4. The van der Waals surface area contributed by atoms with Crippen molar-refractivity contribution in [2.75, 3.05) is 39.6 Å². The van der Waals surface area contributed by atoms with Crippen molar-refractivity contribution in [2.45, 2.75) is 420 Å². The number of rotatable bonds is 76. The highest BCUT2D eigenvalue weighted by atomic mass is 31.2. The molecule has 0 aliphatic carbocycles. The molecule has 0 aliphatic rings. The molecule has 0 bridgehead atoms. The SMILES string of the molecule is CC(C)CCCCCCCCCCCCCCCCCCC(=O)OC[C@H](COP(=O)(O)OCC(O)COP(=O)(O)OC[C@@H](COC(=O)CCCCCCCCCCC(C)C)OC(=O)CCCCCCCCCCCC(C)C)OC(=O)CCCCCCCCCCCCCCCC(C)C. The highest BCUT2D eigenvalue weighted by Crippen LogP contribution is 2.45. The van der Waals surface area contributed by atoms with Gasteiger partial charge in [-0.3, -0.25) is 37.3 Å². The summed E-state index contributed by atoms with van der Waals surface area (Å²) in [5.74, 6) is 0.944. The van der Waals surface area contributed by atoms with Crippen LogP contribution >= 0.6 is 15.6 Å². The van der Waals surface area contributed by atoms with E-state index in [-0.39, 0.29) is 25.7 Å². The molecule has 0 fully saturated rings. The van der Waals surface area contributed by atoms with Crippen molar-refractivity contribution in [3.05, 3.63) is 0 Å². The number of carbonyl (C=O) groups is 4. The van der Waals surface area contributed by atoms with E-state index in [0.717, 1.165) is 114 Å². The Kier molecular flexibility index (Phi) is 66.8. The lowest BCUT2D eigenvalue weighted by atomic mass is 10.0. The predicted molar refractivity (Wildman–Crippen MR) is 400 cm³/mol. The monoisotopic (exact) mass is 1440 g/mol. The third kappa shape index (κ3) is 72.4. The van der Waals surface area contributed by atoms with E-state index in [2.05, 4.69) is 55.4 Å². The van der Waals surface area contributed by atoms with Crippen LogP contribution < -0.4 is 0 Å². The predicted octanol–water partition coefficient (Wildman–Crippen LogP) is 23.2. The number of hydrogen-bond acceptors (Lipinski definition) is 15. The second kappa shape index (κ2) is 68.2. The summed E-state index contributed by atoms with van der Waals surface area (Å²) >= 11 is 0. The van der Waals surface area contributed by atoms with Crippen molar-refractivity contribution in [2.24, 2.45) is 23.7 Å². The number of aliphatic hydroxyl groups excluding tert-OH is 1. The molecule has 0 heterocycles. The molecule has 0 aliphatic heterocycles. The van der Waals surface area contributed by atoms with Gasteiger partial charge in [0.2, 0.25) is 0 Å². The number of hydrogen-bond donors (Lipinski definition) is 3. The largest absolute Gasteiger partial charge is 0.472 e. The van der Waals surface area contributed by atoms with Crippen molar-refractivity contribution < 1.29 is 80.2 Å². The summed E-state index contributed by atoms with van der Waals surface area (Å²) < 4.78 is 68.6. The molecular weight excluding hydrogens is 1280 g/mol. The lowest BCUT2D eigenvalue weighted by Gasteiger charge is -2.21. The molecule has 0 radical (unpaired) electrons. The minimum absolute atomic E-state index is 0.104. The quantitative estimate of drug-likeness (QED) is 0.0222. The molecule has 98 heavy (non-hydrogen) atoms. The van der Waals surface area contributed by atoms with E-state index < -0.39 is 97.5 Å². The highest BCUT2D eigenvalue weighted by Gasteiger charge is 2.30. The van der Waals surface area contributed by atoms with Gasteiger partial charge in [-0.15, -0.1) is 0 Å². The van der Waals surface area contributed by atoms with Crippen LogP contribution in [0.1, 0.15) is 402 Å². The Balaban J connectivity index is 5.24. The van der Waals surface area contributed by atoms with Gasteiger partial charge in [0.05, 0.1) is 26.4 Å². The lowest BCUT2D eigenvalue weighted by Crippen LogP contribution is -2.30. The zero-order valence-corrected chi connectivity index (χ0v) is 66.2. The molecule has 0 saturated carbocycles. The summed E-state index contributed by atoms with van der Waals surface area (Å²) in [6, 6.07) is 0. The Morgan fingerprint density at radius 3 is 0.633 bits per heavy atom. The van der Waals surface area contributed by atoms with Crippen LogP contribution in [0.4, 0.5) is 0 Å². The fraction of sp³-hybridized carbons (Fsp3) is 0.949. The fourth-order valence-electron chi connectivity index (χ4n) is 12.1. The molecule has 17 nitrogen and oxygen atoms in total. The van der Waals surface area contributed by atoms with Gasteiger partial charge in [0.25, 0.3) is 0 Å². The first kappa shape index (κ1) is 96.1. The molecule has 5 atom stereocenters. The van der Waals surface area contributed by atoms with E-state index in [1.165, 1.54) is 205 Å². The summed E-state index contributed by atoms with van der Waals surface area (Å²) in [6.45, 7) is 14.2. The maximum absolute atomic E-state index is 13.1. The van der Waals surface area contributed by atoms with Gasteiger partial charge in [-0.2, -0.15) is 0 Å². The molecule has 19 heteroatoms. The Bertz CT molecular complexity index is 1920. The van der Waals surface area contributed by atoms with Gasteiger partial charge in [0, 0.05) is 25.7 Å². The summed E-state index contributed by atoms with van der Waals surface area (Å²) in [5.41, 5.74) is 0. The summed E-state index contributed by atoms with van der Waals surface area (Å²) in [6.07, 6.45) is 54.2. The topological polar surface area (TPSA) is 237 Å². The second-order valence-electron chi connectivity index (χ2n) is 30.4. The standard InChI is InChI=1S/C79H154O17P2/c1-69(2)55-47-39-31-23-18-14-11-9-10-12-16-20-26-35-43-51-59-76(81)89-65-74(95-78(83)61-53-45-37-27-21-17-13-15-19-24-32-40-48-56-70(3)4)67-93-97(85,86)91-63-73(80)64-92-98(87,88)94-68-75(66-90-77(82)60-52-44-36-30-29-34-42-50-58-72(7)8)96-79(84)62-54-46-38-28-22-25-33-41-49-57-71(5)6/h69-75,80H,9-68H2,1-8H3,(H,85,86)(H,87,88)/t73?,74-,75-/m1/s1. The summed E-state index contributed by atoms with van der Waals surface area (Å²) in [4.78, 5) is 72.9. The minimum atomic E-state index is -4.96. The van der Waals surface area contributed by atoms with E-state index in [9.17, 15) is 43.2 Å². The van der Waals surface area contributed by atoms with E-state index >= 15 is 0 Å². The third-order valence-electron chi connectivity index (χ3n) is 18.3. The van der Waals surface area contributed by atoms with E-state index in [1.54, 1.807) is 0 Å². The maximum atomic E-state index is 13.1. The van der Waals surface area contributed by atoms with Gasteiger partial charge in [0.15, 0.2) is 12.2 Å². The van der Waals surface area contributed by atoms with Gasteiger partial charge in [0.1, 0.15) is 19.3 Å². The molecule has 0 aromatic carbocycles. The van der Waals surface area contributed by atoms with Crippen LogP contribution in [0.3, 0.4) is 0 Å². The second-order valence-corrected chi connectivity index (χ2v) is 33.3. The highest BCUT2D eigenvalue weighted by molar-refractivity contribution is 7.47. The molecule has 3 N–H and O–H groups in total. The Labute approximate surface area is 600 Å². The van der Waals surface area contributed by atoms with Gasteiger partial charge in [-0.25, -0.2) is 9.13 Å². The van der Waals surface area contributed by atoms with Crippen molar-refractivity contribution in [3.63, 3.8) is 0 Å². The number of esters is 4. The van der Waals surface area contributed by atoms with E-state index in [0.29, 0.717) is 25.7 Å². The van der Waals surface area contributed by atoms with Crippen LogP contribution in [-0.4, -0.2) is 96.7 Å². The number of unbranched alkanes of at least 4 members (excludes halogenated alkanes) is 42. The first-order valence-electron chi connectivity index (χ1n) is 40.7. The molecule has 3 unspecified atom stereocenters. The van der Waals surface area contributed by atoms with Crippen LogP contribution in [0.5, 0.6) is 0 Å². The Morgan fingerprint density at radius 2 is 0.429 bits per heavy atom. The van der Waals surface area contributed by atoms with Gasteiger partial charge in [-0.1, -0.05) is 351 Å². The first-order chi connectivity index (χ1) is 47.1. The van der Waals surface area contributed by atoms with Crippen LogP contribution in [-0.2, 0) is 65.4 Å². The number of ether oxygens (including phenoxy) is 4. The molecule has 0 rings (SSSR count). The Hall–Kier alpha value is -1.94. The van der Waals surface area contributed by atoms with Crippen LogP contribution in [0, 0.1) is 23.7 Å². The first-order valence-corrected chi connectivity index (χ1v) is 43.7. The summed E-state index contributed by atoms with van der Waals surface area (Å²) in [5, 5.41) is 10.6. The summed E-state index contributed by atoms with van der Waals surface area (Å²) in [7, 11) is -9.92. The normalized spacial score (nSPS) is 14.1. The average molecular weight is 1440 g/mol. The number of carbonyl (C=O) groups excluding carboxylic acids is 4. The van der Waals surface area contributed by atoms with Gasteiger partial charge < -0.3 is 33.8 Å². The molecule has 0 saturated heterocycles. The van der Waals surface area contributed by atoms with Crippen molar-refractivity contribution in [1.82, 2.24) is 0 Å². The zero-order chi connectivity index (χ0) is 72.4. The minimum Gasteiger partial charge on any atom is -0.462 e. The van der Waals surface area contributed by atoms with Gasteiger partial charge >= 0.3 is 39.5 Å². The number of phosphoric acid groups is 2. The molecule has 0 amide bonds. The molecule has 0 aromatic rings. The number of aliphatic hydroxyl groups is 1. The molecule has 582 valence electrons. The average Bonchev–Trinajstić information content (AvgIpc) is 0.962. The van der Waals surface area contributed by atoms with E-state index in [4.69, 9.17) is 37.0 Å². The van der Waals surface area contributed by atoms with Crippen molar-refractivity contribution in [3.8, 4) is 0 Å². The van der Waals surface area contributed by atoms with Crippen LogP contribution in [0.25, 0.3) is 0 Å². The molecule has 0 spiro atoms. The number of phosphoric ester groups is 2. The fourth-order valence-corrected chi connectivity index (χ4v) is 13.7. The van der Waals surface area contributed by atoms with Gasteiger partial charge in [-0.05, 0) is 49.4 Å². The van der Waals surface area contributed by atoms with Crippen LogP contribution in [0.15, 0.2) is 0 Å². The van der Waals surface area contributed by atoms with Crippen molar-refractivity contribution in [1.29, 1.82) is 0 Å². The maximum Gasteiger partial charge on any atom is 0.472 e. The molecular formula is C79H154O17P2. The smallest absolute Gasteiger partial charge is 0.462 e. The third-order valence-corrected chi connectivity index (χ3v) is 20.2. The Morgan fingerprint density at radius 1 is 0.255 bits per heavy atom. The van der Waals surface area contributed by atoms with E-state index in [1.807, 2.05) is 0 Å².